The quantitative estimate of drug-likeness (QED) is 0.114. The smallest absolute Gasteiger partial charge is 0.326 e. The summed E-state index contributed by atoms with van der Waals surface area (Å²) in [5, 5.41) is 44.4. The van der Waals surface area contributed by atoms with Crippen molar-refractivity contribution in [3.8, 4) is 5.75 Å². The Balaban J connectivity index is 2.86. The minimum absolute atomic E-state index is 0.00392. The number of nitrogens with one attached hydrogen (secondary N) is 3. The molecule has 34 heavy (non-hydrogen) atoms. The number of aliphatic hydroxyl groups is 2. The average Bonchev–Trinajstić information content (AvgIpc) is 2.81. The van der Waals surface area contributed by atoms with Crippen LogP contribution in [0.25, 0.3) is 0 Å². The molecule has 1 aromatic rings. The molecule has 0 aliphatic rings. The third-order valence-electron chi connectivity index (χ3n) is 4.92. The van der Waals surface area contributed by atoms with Crippen LogP contribution in [0.4, 0.5) is 0 Å². The van der Waals surface area contributed by atoms with Crippen LogP contribution in [0.1, 0.15) is 24.8 Å². The second-order valence-electron chi connectivity index (χ2n) is 7.65. The number of carbonyl (C=O) groups is 4. The van der Waals surface area contributed by atoms with E-state index in [1.165, 1.54) is 24.3 Å². The predicted molar refractivity (Wildman–Crippen MR) is 120 cm³/mol. The molecule has 3 amide bonds. The second-order valence-corrected chi connectivity index (χ2v) is 7.65. The summed E-state index contributed by atoms with van der Waals surface area (Å²) >= 11 is 0. The van der Waals surface area contributed by atoms with Crippen molar-refractivity contribution >= 4 is 23.7 Å². The van der Waals surface area contributed by atoms with Crippen molar-refractivity contribution in [2.75, 3.05) is 19.8 Å². The van der Waals surface area contributed by atoms with E-state index in [0.717, 1.165) is 0 Å². The van der Waals surface area contributed by atoms with Gasteiger partial charge in [0.05, 0.1) is 13.2 Å². The lowest BCUT2D eigenvalue weighted by molar-refractivity contribution is -0.142. The average molecular weight is 484 g/mol. The molecule has 1 aromatic carbocycles. The predicted octanol–water partition coefficient (Wildman–Crippen LogP) is -3.09. The molecule has 4 atom stereocenters. The first-order valence-electron chi connectivity index (χ1n) is 10.7. The van der Waals surface area contributed by atoms with E-state index in [4.69, 9.17) is 16.6 Å². The Hall–Kier alpha value is -3.26. The molecular formula is C21H33N5O8. The number of carbonyl (C=O) groups excluding carboxylic acids is 3. The molecule has 0 saturated carbocycles. The Bertz CT molecular complexity index is 820. The molecule has 0 saturated heterocycles. The van der Waals surface area contributed by atoms with Crippen LogP contribution < -0.4 is 27.4 Å². The molecule has 0 heterocycles. The number of aromatic hydroxyl groups is 1. The molecule has 13 heteroatoms. The van der Waals surface area contributed by atoms with Gasteiger partial charge in [0.15, 0.2) is 0 Å². The molecule has 1 rings (SSSR count). The number of amides is 3. The van der Waals surface area contributed by atoms with Gasteiger partial charge in [-0.25, -0.2) is 4.79 Å². The number of aliphatic carboxylic acids is 1. The zero-order chi connectivity index (χ0) is 25.7. The Morgan fingerprint density at radius 1 is 0.824 bits per heavy atom. The Kier molecular flexibility index (Phi) is 12.5. The number of carboxylic acids is 1. The molecule has 0 radical (unpaired) electrons. The zero-order valence-corrected chi connectivity index (χ0v) is 18.6. The van der Waals surface area contributed by atoms with Gasteiger partial charge in [-0.2, -0.15) is 0 Å². The highest BCUT2D eigenvalue weighted by Gasteiger charge is 2.30. The number of hydrogen-bond donors (Lipinski definition) is 9. The van der Waals surface area contributed by atoms with Crippen molar-refractivity contribution in [3.63, 3.8) is 0 Å². The lowest BCUT2D eigenvalue weighted by atomic mass is 10.0. The van der Waals surface area contributed by atoms with E-state index >= 15 is 0 Å². The maximum atomic E-state index is 12.7. The Morgan fingerprint density at radius 3 is 1.91 bits per heavy atom. The molecule has 0 aliphatic heterocycles. The van der Waals surface area contributed by atoms with Crippen LogP contribution in [0.3, 0.4) is 0 Å². The van der Waals surface area contributed by atoms with Crippen molar-refractivity contribution < 1.29 is 39.6 Å². The monoisotopic (exact) mass is 483 g/mol. The summed E-state index contributed by atoms with van der Waals surface area (Å²) in [6, 6.07) is 0.496. The minimum atomic E-state index is -1.49. The van der Waals surface area contributed by atoms with E-state index in [0.29, 0.717) is 24.9 Å². The van der Waals surface area contributed by atoms with Crippen molar-refractivity contribution in [2.45, 2.75) is 49.9 Å². The van der Waals surface area contributed by atoms with Gasteiger partial charge in [-0.1, -0.05) is 12.1 Å². The summed E-state index contributed by atoms with van der Waals surface area (Å²) in [4.78, 5) is 48.9. The maximum Gasteiger partial charge on any atom is 0.326 e. The molecule has 11 N–H and O–H groups in total. The zero-order valence-electron chi connectivity index (χ0n) is 18.6. The fourth-order valence-electron chi connectivity index (χ4n) is 2.93. The first kappa shape index (κ1) is 28.8. The first-order chi connectivity index (χ1) is 16.1. The SMILES string of the molecule is NCCCCC(NC(=O)C(N)CO)C(=O)NC(CO)C(=O)NC(Cc1ccc(O)cc1)C(=O)O. The number of hydrogen-bond acceptors (Lipinski definition) is 9. The highest BCUT2D eigenvalue weighted by Crippen LogP contribution is 2.11. The van der Waals surface area contributed by atoms with Gasteiger partial charge in [-0.15, -0.1) is 0 Å². The highest BCUT2D eigenvalue weighted by molar-refractivity contribution is 5.94. The van der Waals surface area contributed by atoms with E-state index in [1.54, 1.807) is 0 Å². The van der Waals surface area contributed by atoms with Gasteiger partial charge in [0.25, 0.3) is 0 Å². The molecule has 13 nitrogen and oxygen atoms in total. The number of aliphatic hydroxyl groups excluding tert-OH is 2. The van der Waals surface area contributed by atoms with Crippen molar-refractivity contribution in [2.24, 2.45) is 11.5 Å². The van der Waals surface area contributed by atoms with Crippen molar-refractivity contribution in [1.29, 1.82) is 0 Å². The number of phenols is 1. The van der Waals surface area contributed by atoms with Gasteiger partial charge in [0.1, 0.15) is 29.9 Å². The van der Waals surface area contributed by atoms with E-state index in [1.807, 2.05) is 0 Å². The molecule has 0 fully saturated rings. The normalized spacial score (nSPS) is 14.4. The van der Waals surface area contributed by atoms with Crippen LogP contribution in [0.5, 0.6) is 5.75 Å². The summed E-state index contributed by atoms with van der Waals surface area (Å²) in [6.45, 7) is -1.11. The van der Waals surface area contributed by atoms with Crippen LogP contribution in [0.2, 0.25) is 0 Å². The first-order valence-corrected chi connectivity index (χ1v) is 10.7. The standard InChI is InChI=1S/C21H33N5O8/c22-8-2-1-3-15(24-18(30)14(23)10-27)19(31)26-17(11-28)20(32)25-16(21(33)34)9-12-4-6-13(29)7-5-12/h4-7,14-17,27-29H,1-3,8-11,22-23H2,(H,24,30)(H,25,32)(H,26,31)(H,33,34). The summed E-state index contributed by atoms with van der Waals surface area (Å²) in [6.07, 6.45) is 1.08. The molecule has 190 valence electrons. The lowest BCUT2D eigenvalue weighted by Crippen LogP contribution is -2.58. The second kappa shape index (κ2) is 14.8. The van der Waals surface area contributed by atoms with Crippen LogP contribution in [0, 0.1) is 0 Å². The minimum Gasteiger partial charge on any atom is -0.508 e. The van der Waals surface area contributed by atoms with E-state index in [-0.39, 0.29) is 18.6 Å². The van der Waals surface area contributed by atoms with Crippen molar-refractivity contribution in [1.82, 2.24) is 16.0 Å². The fraction of sp³-hybridized carbons (Fsp3) is 0.524. The lowest BCUT2D eigenvalue weighted by Gasteiger charge is -2.24. The molecular weight excluding hydrogens is 450 g/mol. The molecule has 0 aliphatic carbocycles. The number of phenolic OH excluding ortho intramolecular Hbond substituents is 1. The summed E-state index contributed by atoms with van der Waals surface area (Å²) in [7, 11) is 0. The van der Waals surface area contributed by atoms with Crippen LogP contribution in [0.15, 0.2) is 24.3 Å². The third kappa shape index (κ3) is 9.70. The molecule has 4 unspecified atom stereocenters. The summed E-state index contributed by atoms with van der Waals surface area (Å²) < 4.78 is 0. The third-order valence-corrected chi connectivity index (χ3v) is 4.92. The number of carboxylic acid groups (broad SMARTS) is 1. The molecule has 0 aromatic heterocycles. The fourth-order valence-corrected chi connectivity index (χ4v) is 2.93. The van der Waals surface area contributed by atoms with Gasteiger partial charge in [-0.05, 0) is 43.5 Å². The molecule has 0 spiro atoms. The van der Waals surface area contributed by atoms with Gasteiger partial charge in [0, 0.05) is 6.42 Å². The maximum absolute atomic E-state index is 12.7. The highest BCUT2D eigenvalue weighted by atomic mass is 16.4. The number of nitrogens with two attached hydrogens (primary N) is 2. The summed E-state index contributed by atoms with van der Waals surface area (Å²) in [5.41, 5.74) is 11.4. The van der Waals surface area contributed by atoms with Gasteiger partial charge in [0.2, 0.25) is 17.7 Å². The molecule has 0 bridgehead atoms. The van der Waals surface area contributed by atoms with E-state index in [2.05, 4.69) is 16.0 Å². The van der Waals surface area contributed by atoms with Gasteiger partial charge < -0.3 is 47.8 Å². The number of unbranched alkanes of at least 4 members (excludes halogenated alkanes) is 1. The van der Waals surface area contributed by atoms with Crippen LogP contribution >= 0.6 is 0 Å². The van der Waals surface area contributed by atoms with Gasteiger partial charge >= 0.3 is 5.97 Å². The van der Waals surface area contributed by atoms with E-state index < -0.39 is 61.1 Å². The largest absolute Gasteiger partial charge is 0.508 e. The van der Waals surface area contributed by atoms with Gasteiger partial charge in [-0.3, -0.25) is 14.4 Å². The number of benzene rings is 1. The van der Waals surface area contributed by atoms with E-state index in [9.17, 15) is 34.5 Å². The topological polar surface area (TPSA) is 237 Å². The van der Waals surface area contributed by atoms with Crippen LogP contribution in [-0.2, 0) is 25.6 Å². The Morgan fingerprint density at radius 2 is 1.38 bits per heavy atom. The van der Waals surface area contributed by atoms with Crippen LogP contribution in [-0.4, -0.2) is 88.0 Å². The Labute approximate surface area is 196 Å². The van der Waals surface area contributed by atoms with Crippen molar-refractivity contribution in [3.05, 3.63) is 29.8 Å². The number of rotatable bonds is 15. The summed E-state index contributed by atoms with van der Waals surface area (Å²) in [5.74, 6) is -3.86.